The normalized spacial score (nSPS) is 19.2. The predicted octanol–water partition coefficient (Wildman–Crippen LogP) is 2.28. The molecule has 1 heterocycles. The second kappa shape index (κ2) is 5.78. The third-order valence-electron chi connectivity index (χ3n) is 2.47. The summed E-state index contributed by atoms with van der Waals surface area (Å²) < 4.78 is 10.5. The molecular weight excluding hydrogens is 277 g/mol. The third kappa shape index (κ3) is 3.77. The van der Waals surface area contributed by atoms with Gasteiger partial charge >= 0.3 is 0 Å². The number of benzene rings is 1. The van der Waals surface area contributed by atoms with Crippen molar-refractivity contribution in [1.82, 2.24) is 5.32 Å². The van der Waals surface area contributed by atoms with E-state index in [0.29, 0.717) is 28.9 Å². The van der Waals surface area contributed by atoms with Crippen LogP contribution in [0.5, 0.6) is 5.75 Å². The molecule has 0 radical (unpaired) electrons. The standard InChI is InChI=1S/C12H13Cl2NO3/c1-7(12(16)15-5-9-6-17-9)18-11-3-2-8(13)4-10(11)14/h2-4,7,9H,5-6H2,1H3,(H,15,16)/t7-,9-/m1/s1. The van der Waals surface area contributed by atoms with E-state index in [-0.39, 0.29) is 12.0 Å². The maximum Gasteiger partial charge on any atom is 0.260 e. The summed E-state index contributed by atoms with van der Waals surface area (Å²) in [7, 11) is 0. The number of hydrogen-bond donors (Lipinski definition) is 1. The fraction of sp³-hybridized carbons (Fsp3) is 0.417. The lowest BCUT2D eigenvalue weighted by atomic mass is 10.3. The molecule has 2 atom stereocenters. The number of epoxide rings is 1. The van der Waals surface area contributed by atoms with Gasteiger partial charge in [-0.05, 0) is 25.1 Å². The molecule has 1 saturated heterocycles. The van der Waals surface area contributed by atoms with Gasteiger partial charge in [-0.15, -0.1) is 0 Å². The quantitative estimate of drug-likeness (QED) is 0.846. The van der Waals surface area contributed by atoms with E-state index in [0.717, 1.165) is 0 Å². The van der Waals surface area contributed by atoms with E-state index in [2.05, 4.69) is 5.32 Å². The highest BCUT2D eigenvalue weighted by Crippen LogP contribution is 2.28. The van der Waals surface area contributed by atoms with Crippen LogP contribution in [0.4, 0.5) is 0 Å². The second-order valence-electron chi connectivity index (χ2n) is 4.04. The number of hydrogen-bond acceptors (Lipinski definition) is 3. The van der Waals surface area contributed by atoms with E-state index < -0.39 is 6.10 Å². The number of halogens is 2. The summed E-state index contributed by atoms with van der Waals surface area (Å²) in [6, 6.07) is 4.87. The Morgan fingerprint density at radius 3 is 2.94 bits per heavy atom. The third-order valence-corrected chi connectivity index (χ3v) is 3.00. The second-order valence-corrected chi connectivity index (χ2v) is 4.88. The fourth-order valence-electron chi connectivity index (χ4n) is 1.36. The Hall–Kier alpha value is -0.970. The van der Waals surface area contributed by atoms with Crippen LogP contribution in [-0.4, -0.2) is 31.3 Å². The van der Waals surface area contributed by atoms with Crippen molar-refractivity contribution in [3.63, 3.8) is 0 Å². The molecule has 0 unspecified atom stereocenters. The van der Waals surface area contributed by atoms with Crippen molar-refractivity contribution in [1.29, 1.82) is 0 Å². The minimum atomic E-state index is -0.623. The average molecular weight is 290 g/mol. The Bertz CT molecular complexity index is 449. The fourth-order valence-corrected chi connectivity index (χ4v) is 1.81. The van der Waals surface area contributed by atoms with Gasteiger partial charge in [0.15, 0.2) is 6.10 Å². The van der Waals surface area contributed by atoms with E-state index >= 15 is 0 Å². The summed E-state index contributed by atoms with van der Waals surface area (Å²) in [5, 5.41) is 3.64. The Morgan fingerprint density at radius 1 is 1.61 bits per heavy atom. The van der Waals surface area contributed by atoms with Crippen LogP contribution in [0.25, 0.3) is 0 Å². The molecule has 1 aromatic carbocycles. The van der Waals surface area contributed by atoms with Crippen molar-refractivity contribution in [2.75, 3.05) is 13.2 Å². The van der Waals surface area contributed by atoms with E-state index in [1.54, 1.807) is 25.1 Å². The van der Waals surface area contributed by atoms with Crippen molar-refractivity contribution >= 4 is 29.1 Å². The maximum atomic E-state index is 11.7. The zero-order valence-electron chi connectivity index (χ0n) is 9.78. The molecule has 4 nitrogen and oxygen atoms in total. The molecule has 1 amide bonds. The molecular formula is C12H13Cl2NO3. The van der Waals surface area contributed by atoms with Gasteiger partial charge in [0.2, 0.25) is 0 Å². The molecule has 1 fully saturated rings. The molecule has 98 valence electrons. The topological polar surface area (TPSA) is 50.9 Å². The van der Waals surface area contributed by atoms with E-state index in [1.165, 1.54) is 0 Å². The van der Waals surface area contributed by atoms with Gasteiger partial charge in [-0.25, -0.2) is 0 Å². The van der Waals surface area contributed by atoms with Crippen LogP contribution in [0.15, 0.2) is 18.2 Å². The summed E-state index contributed by atoms with van der Waals surface area (Å²) in [5.41, 5.74) is 0. The Balaban J connectivity index is 1.88. The van der Waals surface area contributed by atoms with Crippen molar-refractivity contribution in [3.05, 3.63) is 28.2 Å². The molecule has 0 aliphatic carbocycles. The highest BCUT2D eigenvalue weighted by molar-refractivity contribution is 6.35. The molecule has 6 heteroatoms. The number of rotatable bonds is 5. The monoisotopic (exact) mass is 289 g/mol. The van der Waals surface area contributed by atoms with Crippen molar-refractivity contribution in [2.24, 2.45) is 0 Å². The number of ether oxygens (including phenoxy) is 2. The minimum absolute atomic E-state index is 0.153. The van der Waals surface area contributed by atoms with Crippen LogP contribution >= 0.6 is 23.2 Å². The van der Waals surface area contributed by atoms with Gasteiger partial charge in [0.25, 0.3) is 5.91 Å². The van der Waals surface area contributed by atoms with Crippen LogP contribution < -0.4 is 10.1 Å². The first kappa shape index (κ1) is 13.5. The number of amides is 1. The van der Waals surface area contributed by atoms with Crippen LogP contribution in [0.1, 0.15) is 6.92 Å². The summed E-state index contributed by atoms with van der Waals surface area (Å²) >= 11 is 11.7. The zero-order chi connectivity index (χ0) is 13.1. The number of carbonyl (C=O) groups is 1. The van der Waals surface area contributed by atoms with E-state index in [4.69, 9.17) is 32.7 Å². The summed E-state index contributed by atoms with van der Waals surface area (Å²) in [4.78, 5) is 11.7. The van der Waals surface area contributed by atoms with Crippen molar-refractivity contribution < 1.29 is 14.3 Å². The molecule has 1 N–H and O–H groups in total. The van der Waals surface area contributed by atoms with Gasteiger partial charge < -0.3 is 14.8 Å². The summed E-state index contributed by atoms with van der Waals surface area (Å²) in [5.74, 6) is 0.239. The van der Waals surface area contributed by atoms with Gasteiger partial charge in [-0.2, -0.15) is 0 Å². The van der Waals surface area contributed by atoms with Gasteiger partial charge in [-0.1, -0.05) is 23.2 Å². The predicted molar refractivity (Wildman–Crippen MR) is 69.3 cm³/mol. The Kier molecular flexibility index (Phi) is 4.32. The first-order valence-electron chi connectivity index (χ1n) is 5.57. The summed E-state index contributed by atoms with van der Waals surface area (Å²) in [6.07, 6.45) is -0.470. The highest BCUT2D eigenvalue weighted by Gasteiger charge is 2.24. The molecule has 0 saturated carbocycles. The van der Waals surface area contributed by atoms with E-state index in [1.807, 2.05) is 0 Å². The lowest BCUT2D eigenvalue weighted by Crippen LogP contribution is -2.38. The molecule has 2 rings (SSSR count). The average Bonchev–Trinajstić information content (AvgIpc) is 3.13. The van der Waals surface area contributed by atoms with Crippen LogP contribution in [0, 0.1) is 0 Å². The Morgan fingerprint density at radius 2 is 2.33 bits per heavy atom. The van der Waals surface area contributed by atoms with Gasteiger partial charge in [0, 0.05) is 11.6 Å². The highest BCUT2D eigenvalue weighted by atomic mass is 35.5. The van der Waals surface area contributed by atoms with Crippen LogP contribution in [0.3, 0.4) is 0 Å². The number of carbonyl (C=O) groups excluding carboxylic acids is 1. The lowest BCUT2D eigenvalue weighted by Gasteiger charge is -2.15. The lowest BCUT2D eigenvalue weighted by molar-refractivity contribution is -0.127. The number of nitrogens with one attached hydrogen (secondary N) is 1. The van der Waals surface area contributed by atoms with Gasteiger partial charge in [-0.3, -0.25) is 4.79 Å². The molecule has 1 aliphatic rings. The maximum absolute atomic E-state index is 11.7. The molecule has 1 aliphatic heterocycles. The van der Waals surface area contributed by atoms with E-state index in [9.17, 15) is 4.79 Å². The van der Waals surface area contributed by atoms with Crippen molar-refractivity contribution in [3.8, 4) is 5.75 Å². The largest absolute Gasteiger partial charge is 0.479 e. The Labute approximate surface area is 115 Å². The first-order valence-corrected chi connectivity index (χ1v) is 6.33. The molecule has 0 aromatic heterocycles. The van der Waals surface area contributed by atoms with Gasteiger partial charge in [0.05, 0.1) is 17.7 Å². The first-order chi connectivity index (χ1) is 8.56. The molecule has 0 spiro atoms. The molecule has 1 aromatic rings. The minimum Gasteiger partial charge on any atom is -0.479 e. The van der Waals surface area contributed by atoms with Crippen molar-refractivity contribution in [2.45, 2.75) is 19.1 Å². The van der Waals surface area contributed by atoms with Crippen LogP contribution in [-0.2, 0) is 9.53 Å². The SMILES string of the molecule is C[C@@H](Oc1ccc(Cl)cc1Cl)C(=O)NC[C@@H]1CO1. The molecule has 0 bridgehead atoms. The summed E-state index contributed by atoms with van der Waals surface area (Å²) in [6.45, 7) is 2.88. The zero-order valence-corrected chi connectivity index (χ0v) is 11.3. The molecule has 18 heavy (non-hydrogen) atoms. The smallest absolute Gasteiger partial charge is 0.260 e. The van der Waals surface area contributed by atoms with Gasteiger partial charge in [0.1, 0.15) is 5.75 Å². The van der Waals surface area contributed by atoms with Crippen LogP contribution in [0.2, 0.25) is 10.0 Å².